The summed E-state index contributed by atoms with van der Waals surface area (Å²) >= 11 is 0. The van der Waals surface area contributed by atoms with E-state index in [1.807, 2.05) is 19.1 Å². The number of alkyl halides is 3. The largest absolute Gasteiger partial charge is 0.573 e. The van der Waals surface area contributed by atoms with Crippen molar-refractivity contribution >= 4 is 24.9 Å². The van der Waals surface area contributed by atoms with Crippen molar-refractivity contribution in [2.24, 2.45) is 0 Å². The van der Waals surface area contributed by atoms with E-state index < -0.39 is 6.36 Å². The molecular formula is C25H21BF3N3O3. The zero-order valence-electron chi connectivity index (χ0n) is 18.8. The Hall–Kier alpha value is -3.95. The molecule has 10 heteroatoms. The highest BCUT2D eigenvalue weighted by Crippen LogP contribution is 2.23. The number of hydrogen-bond acceptors (Lipinski definition) is 4. The van der Waals surface area contributed by atoms with Crippen molar-refractivity contribution in [3.8, 4) is 11.5 Å². The number of carbonyl (C=O) groups is 1. The Morgan fingerprint density at radius 3 is 2.31 bits per heavy atom. The zero-order chi connectivity index (χ0) is 25.0. The number of pyridine rings is 1. The van der Waals surface area contributed by atoms with Gasteiger partial charge in [0.1, 0.15) is 37.3 Å². The van der Waals surface area contributed by atoms with Gasteiger partial charge in [-0.25, -0.2) is 4.98 Å². The molecule has 4 rings (SSSR count). The van der Waals surface area contributed by atoms with Gasteiger partial charge in [0.2, 0.25) is 0 Å². The predicted octanol–water partition coefficient (Wildman–Crippen LogP) is 4.10. The molecule has 2 heterocycles. The van der Waals surface area contributed by atoms with E-state index in [4.69, 9.17) is 12.6 Å². The molecule has 0 aliphatic rings. The normalized spacial score (nSPS) is 11.4. The minimum atomic E-state index is -4.72. The molecule has 4 aromatic rings. The highest BCUT2D eigenvalue weighted by Gasteiger charge is 2.30. The van der Waals surface area contributed by atoms with Crippen LogP contribution < -0.4 is 20.3 Å². The van der Waals surface area contributed by atoms with Gasteiger partial charge in [0.15, 0.2) is 0 Å². The Morgan fingerprint density at radius 2 is 1.66 bits per heavy atom. The molecule has 0 atom stereocenters. The van der Waals surface area contributed by atoms with Crippen LogP contribution in [-0.2, 0) is 19.6 Å². The lowest BCUT2D eigenvalue weighted by atomic mass is 9.99. The second-order valence-corrected chi connectivity index (χ2v) is 7.76. The van der Waals surface area contributed by atoms with Crippen molar-refractivity contribution in [2.75, 3.05) is 0 Å². The van der Waals surface area contributed by atoms with E-state index in [0.717, 1.165) is 5.56 Å². The number of nitrogens with one attached hydrogen (secondary N) is 1. The minimum Gasteiger partial charge on any atom is -0.489 e. The molecular weight excluding hydrogens is 458 g/mol. The third-order valence-corrected chi connectivity index (χ3v) is 5.20. The van der Waals surface area contributed by atoms with E-state index in [0.29, 0.717) is 46.8 Å². The first kappa shape index (κ1) is 24.2. The number of benzene rings is 2. The monoisotopic (exact) mass is 479 g/mol. The van der Waals surface area contributed by atoms with Crippen LogP contribution in [0.2, 0.25) is 0 Å². The first-order chi connectivity index (χ1) is 16.7. The van der Waals surface area contributed by atoms with Gasteiger partial charge < -0.3 is 14.8 Å². The summed E-state index contributed by atoms with van der Waals surface area (Å²) in [5.74, 6) is 0.0468. The van der Waals surface area contributed by atoms with Crippen molar-refractivity contribution in [1.29, 1.82) is 0 Å². The van der Waals surface area contributed by atoms with Gasteiger partial charge in [-0.15, -0.1) is 13.2 Å². The SMILES string of the molecule is [B]c1ccc2nc(CC)c(C(=O)NCc3ccc(OCc4ccc(OC(F)(F)F)cc4)cc3)n2c1. The third-order valence-electron chi connectivity index (χ3n) is 5.20. The minimum absolute atomic E-state index is 0.180. The Labute approximate surface area is 201 Å². The summed E-state index contributed by atoms with van der Waals surface area (Å²) in [5.41, 5.74) is 3.90. The van der Waals surface area contributed by atoms with Gasteiger partial charge in [-0.1, -0.05) is 42.7 Å². The van der Waals surface area contributed by atoms with Crippen LogP contribution in [0.25, 0.3) is 5.65 Å². The van der Waals surface area contributed by atoms with Crippen LogP contribution in [0, 0.1) is 0 Å². The van der Waals surface area contributed by atoms with Crippen molar-refractivity contribution < 1.29 is 27.4 Å². The van der Waals surface area contributed by atoms with Gasteiger partial charge in [-0.05, 0) is 47.9 Å². The first-order valence-electron chi connectivity index (χ1n) is 10.8. The lowest BCUT2D eigenvalue weighted by molar-refractivity contribution is -0.274. The molecule has 0 aliphatic carbocycles. The molecule has 0 saturated heterocycles. The van der Waals surface area contributed by atoms with Crippen molar-refractivity contribution in [1.82, 2.24) is 14.7 Å². The Morgan fingerprint density at radius 1 is 1.00 bits per heavy atom. The summed E-state index contributed by atoms with van der Waals surface area (Å²) in [6.45, 7) is 2.42. The maximum atomic E-state index is 12.9. The molecule has 2 aromatic heterocycles. The van der Waals surface area contributed by atoms with Crippen molar-refractivity contribution in [3.05, 3.63) is 89.4 Å². The molecule has 0 unspecified atom stereocenters. The van der Waals surface area contributed by atoms with Crippen molar-refractivity contribution in [2.45, 2.75) is 32.9 Å². The van der Waals surface area contributed by atoms with Gasteiger partial charge in [0.05, 0.1) is 5.69 Å². The van der Waals surface area contributed by atoms with Gasteiger partial charge in [0.25, 0.3) is 5.91 Å². The van der Waals surface area contributed by atoms with E-state index in [-0.39, 0.29) is 18.3 Å². The van der Waals surface area contributed by atoms with E-state index in [2.05, 4.69) is 15.0 Å². The smallest absolute Gasteiger partial charge is 0.489 e. The fraction of sp³-hybridized carbons (Fsp3) is 0.200. The predicted molar refractivity (Wildman–Crippen MR) is 125 cm³/mol. The number of nitrogens with zero attached hydrogens (tertiary/aromatic N) is 2. The summed E-state index contributed by atoms with van der Waals surface area (Å²) in [6.07, 6.45) is -2.44. The number of halogens is 3. The molecule has 6 nitrogen and oxygen atoms in total. The second kappa shape index (κ2) is 10.1. The zero-order valence-corrected chi connectivity index (χ0v) is 18.8. The lowest BCUT2D eigenvalue weighted by Crippen LogP contribution is -2.25. The summed E-state index contributed by atoms with van der Waals surface area (Å²) < 4.78 is 48.0. The van der Waals surface area contributed by atoms with Gasteiger partial charge in [-0.2, -0.15) is 0 Å². The number of carbonyl (C=O) groups excluding carboxylic acids is 1. The van der Waals surface area contributed by atoms with Gasteiger partial charge in [-0.3, -0.25) is 9.20 Å². The molecule has 0 aliphatic heterocycles. The van der Waals surface area contributed by atoms with E-state index in [1.54, 1.807) is 34.9 Å². The van der Waals surface area contributed by atoms with E-state index in [1.165, 1.54) is 24.3 Å². The van der Waals surface area contributed by atoms with Crippen LogP contribution in [0.15, 0.2) is 66.9 Å². The molecule has 35 heavy (non-hydrogen) atoms. The molecule has 0 spiro atoms. The molecule has 0 bridgehead atoms. The quantitative estimate of drug-likeness (QED) is 0.387. The summed E-state index contributed by atoms with van der Waals surface area (Å²) in [4.78, 5) is 17.4. The number of hydrogen-bond donors (Lipinski definition) is 1. The Balaban J connectivity index is 1.33. The number of rotatable bonds is 8. The topological polar surface area (TPSA) is 64.9 Å². The average molecular weight is 479 g/mol. The number of aromatic nitrogens is 2. The first-order valence-corrected chi connectivity index (χ1v) is 10.8. The highest BCUT2D eigenvalue weighted by molar-refractivity contribution is 6.32. The standard InChI is InChI=1S/C25H21BF3N3O3/c1-2-21-23(32-14-18(26)7-12-22(32)31-21)24(33)30-13-16-3-8-19(9-4-16)34-15-17-5-10-20(11-6-17)35-25(27,28)29/h3-12,14H,2,13,15H2,1H3,(H,30,33). The summed E-state index contributed by atoms with van der Waals surface area (Å²) in [7, 11) is 5.87. The fourth-order valence-electron chi connectivity index (χ4n) is 3.52. The number of imidazole rings is 1. The maximum absolute atomic E-state index is 12.9. The van der Waals surface area contributed by atoms with E-state index in [9.17, 15) is 18.0 Å². The number of ether oxygens (including phenoxy) is 2. The third kappa shape index (κ3) is 6.14. The number of fused-ring (bicyclic) bond motifs is 1. The van der Waals surface area contributed by atoms with Crippen LogP contribution in [0.5, 0.6) is 11.5 Å². The van der Waals surface area contributed by atoms with Crippen LogP contribution in [-0.4, -0.2) is 29.5 Å². The molecule has 0 fully saturated rings. The Bertz CT molecular complexity index is 1320. The van der Waals surface area contributed by atoms with Crippen LogP contribution in [0.3, 0.4) is 0 Å². The van der Waals surface area contributed by atoms with Crippen LogP contribution in [0.1, 0.15) is 34.2 Å². The molecule has 0 saturated carbocycles. The molecule has 1 N–H and O–H groups in total. The molecule has 2 radical (unpaired) electrons. The molecule has 178 valence electrons. The van der Waals surface area contributed by atoms with Crippen LogP contribution in [0.4, 0.5) is 13.2 Å². The van der Waals surface area contributed by atoms with Crippen LogP contribution >= 0.6 is 0 Å². The Kier molecular flexibility index (Phi) is 7.00. The fourth-order valence-corrected chi connectivity index (χ4v) is 3.52. The maximum Gasteiger partial charge on any atom is 0.573 e. The molecule has 2 aromatic carbocycles. The lowest BCUT2D eigenvalue weighted by Gasteiger charge is -2.11. The number of amides is 1. The van der Waals surface area contributed by atoms with E-state index >= 15 is 0 Å². The summed E-state index contributed by atoms with van der Waals surface area (Å²) in [6, 6.07) is 16.2. The number of aryl methyl sites for hydroxylation is 1. The highest BCUT2D eigenvalue weighted by atomic mass is 19.4. The second-order valence-electron chi connectivity index (χ2n) is 7.76. The molecule has 1 amide bonds. The summed E-state index contributed by atoms with van der Waals surface area (Å²) in [5, 5.41) is 2.91. The van der Waals surface area contributed by atoms with Gasteiger partial charge >= 0.3 is 6.36 Å². The van der Waals surface area contributed by atoms with Gasteiger partial charge in [0, 0.05) is 12.7 Å². The average Bonchev–Trinajstić information content (AvgIpc) is 3.19. The van der Waals surface area contributed by atoms with Crippen molar-refractivity contribution in [3.63, 3.8) is 0 Å².